The van der Waals surface area contributed by atoms with Gasteiger partial charge in [-0.25, -0.2) is 4.79 Å². The molecule has 3 heterocycles. The summed E-state index contributed by atoms with van der Waals surface area (Å²) in [6.45, 7) is 10.2. The third-order valence-electron chi connectivity index (χ3n) is 4.73. The number of esters is 1. The molecule has 3 aromatic heterocycles. The Labute approximate surface area is 194 Å². The number of amides is 1. The maximum atomic E-state index is 12.6. The lowest BCUT2D eigenvalue weighted by Gasteiger charge is -2.07. The molecule has 7 nitrogen and oxygen atoms in total. The number of nitrogens with one attached hydrogen (secondary N) is 1. The molecule has 0 saturated carbocycles. The van der Waals surface area contributed by atoms with Gasteiger partial charge < -0.3 is 14.6 Å². The van der Waals surface area contributed by atoms with Crippen LogP contribution in [0.5, 0.6) is 0 Å². The number of carbonyl (C=O) groups is 2. The first kappa shape index (κ1) is 23.5. The molecule has 3 rings (SSSR count). The molecule has 0 radical (unpaired) electrons. The molecule has 10 heteroatoms. The molecule has 0 unspecified atom stereocenters. The smallest absolute Gasteiger partial charge is 0.341 e. The number of hydrogen-bond donors (Lipinski definition) is 1. The predicted octanol–water partition coefficient (Wildman–Crippen LogP) is 5.25. The van der Waals surface area contributed by atoms with Crippen molar-refractivity contribution < 1.29 is 14.3 Å². The van der Waals surface area contributed by atoms with E-state index in [1.54, 1.807) is 18.3 Å². The summed E-state index contributed by atoms with van der Waals surface area (Å²) in [5, 5.41) is 14.7. The molecule has 0 bridgehead atoms. The Hall–Kier alpha value is -2.17. The largest absolute Gasteiger partial charge is 0.462 e. The standard InChI is InChI=1S/C21H26N4O3S3/c1-7-28-20(27)17-12(4)13(5)31-19(17)22-16(26)10-30-21-24-23-18(25(21)6)14-8-15(11(2)3)29-9-14/h8-9,11H,7,10H2,1-6H3,(H,22,26). The quantitative estimate of drug-likeness (QED) is 0.351. The average molecular weight is 479 g/mol. The molecule has 1 amide bonds. The predicted molar refractivity (Wildman–Crippen MR) is 128 cm³/mol. The third kappa shape index (κ3) is 5.19. The zero-order valence-electron chi connectivity index (χ0n) is 18.4. The van der Waals surface area contributed by atoms with Crippen LogP contribution in [0.4, 0.5) is 5.00 Å². The Morgan fingerprint density at radius 3 is 2.68 bits per heavy atom. The highest BCUT2D eigenvalue weighted by molar-refractivity contribution is 7.99. The second-order valence-electron chi connectivity index (χ2n) is 7.30. The minimum atomic E-state index is -0.415. The summed E-state index contributed by atoms with van der Waals surface area (Å²) >= 11 is 4.40. The van der Waals surface area contributed by atoms with Gasteiger partial charge in [-0.3, -0.25) is 4.79 Å². The molecule has 0 saturated heterocycles. The Balaban J connectivity index is 1.68. The first-order chi connectivity index (χ1) is 14.7. The molecule has 0 spiro atoms. The van der Waals surface area contributed by atoms with Crippen molar-refractivity contribution in [3.63, 3.8) is 0 Å². The van der Waals surface area contributed by atoms with E-state index >= 15 is 0 Å². The van der Waals surface area contributed by atoms with Crippen molar-refractivity contribution in [2.45, 2.75) is 45.7 Å². The molecule has 31 heavy (non-hydrogen) atoms. The molecule has 0 aliphatic carbocycles. The van der Waals surface area contributed by atoms with Crippen LogP contribution in [-0.2, 0) is 16.6 Å². The SMILES string of the molecule is CCOC(=O)c1c(NC(=O)CSc2nnc(-c3csc(C(C)C)c3)n2C)sc(C)c1C. The summed E-state index contributed by atoms with van der Waals surface area (Å²) in [6, 6.07) is 2.14. The van der Waals surface area contributed by atoms with Gasteiger partial charge in [0.1, 0.15) is 5.00 Å². The summed E-state index contributed by atoms with van der Waals surface area (Å²) in [5.41, 5.74) is 2.30. The maximum Gasteiger partial charge on any atom is 0.341 e. The van der Waals surface area contributed by atoms with Crippen LogP contribution in [0.25, 0.3) is 11.4 Å². The number of anilines is 1. The maximum absolute atomic E-state index is 12.6. The topological polar surface area (TPSA) is 86.1 Å². The number of carbonyl (C=O) groups excluding carboxylic acids is 2. The molecular formula is C21H26N4O3S3. The fraction of sp³-hybridized carbons (Fsp3) is 0.429. The van der Waals surface area contributed by atoms with E-state index in [0.29, 0.717) is 21.6 Å². The van der Waals surface area contributed by atoms with Crippen LogP contribution in [0.2, 0.25) is 0 Å². The fourth-order valence-electron chi connectivity index (χ4n) is 2.92. The van der Waals surface area contributed by atoms with Crippen molar-refractivity contribution in [2.24, 2.45) is 7.05 Å². The van der Waals surface area contributed by atoms with E-state index in [1.807, 2.05) is 25.5 Å². The summed E-state index contributed by atoms with van der Waals surface area (Å²) in [5.74, 6) is 0.778. The van der Waals surface area contributed by atoms with Gasteiger partial charge in [0.25, 0.3) is 0 Å². The molecule has 0 aliphatic heterocycles. The van der Waals surface area contributed by atoms with Crippen LogP contribution in [-0.4, -0.2) is 39.0 Å². The average Bonchev–Trinajstić information content (AvgIpc) is 3.39. The Morgan fingerprint density at radius 1 is 1.29 bits per heavy atom. The highest BCUT2D eigenvalue weighted by Crippen LogP contribution is 2.34. The van der Waals surface area contributed by atoms with Crippen molar-refractivity contribution in [1.82, 2.24) is 14.8 Å². The van der Waals surface area contributed by atoms with Crippen LogP contribution in [0.1, 0.15) is 52.4 Å². The summed E-state index contributed by atoms with van der Waals surface area (Å²) < 4.78 is 7.04. The van der Waals surface area contributed by atoms with Crippen LogP contribution in [0, 0.1) is 13.8 Å². The normalized spacial score (nSPS) is 11.2. The molecule has 0 fully saturated rings. The number of rotatable bonds is 8. The minimum Gasteiger partial charge on any atom is -0.462 e. The number of thioether (sulfide) groups is 1. The van der Waals surface area contributed by atoms with Gasteiger partial charge in [-0.05, 0) is 38.3 Å². The number of nitrogens with zero attached hydrogens (tertiary/aromatic N) is 3. The van der Waals surface area contributed by atoms with Crippen molar-refractivity contribution in [3.05, 3.63) is 32.3 Å². The van der Waals surface area contributed by atoms with Gasteiger partial charge in [0.15, 0.2) is 11.0 Å². The van der Waals surface area contributed by atoms with Crippen molar-refractivity contribution >= 4 is 51.3 Å². The second kappa shape index (κ2) is 9.97. The minimum absolute atomic E-state index is 0.158. The molecule has 0 aliphatic rings. The molecule has 166 valence electrons. The van der Waals surface area contributed by atoms with E-state index in [-0.39, 0.29) is 18.3 Å². The van der Waals surface area contributed by atoms with Gasteiger partial charge in [-0.15, -0.1) is 32.9 Å². The highest BCUT2D eigenvalue weighted by Gasteiger charge is 2.22. The van der Waals surface area contributed by atoms with Crippen LogP contribution < -0.4 is 5.32 Å². The number of aryl methyl sites for hydroxylation is 1. The van der Waals surface area contributed by atoms with Gasteiger partial charge in [0.2, 0.25) is 5.91 Å². The molecular weight excluding hydrogens is 452 g/mol. The van der Waals surface area contributed by atoms with Crippen molar-refractivity contribution in [1.29, 1.82) is 0 Å². The Kier molecular flexibility index (Phi) is 7.55. The van der Waals surface area contributed by atoms with E-state index in [4.69, 9.17) is 4.74 Å². The molecule has 0 atom stereocenters. The van der Waals surface area contributed by atoms with Crippen LogP contribution in [0.15, 0.2) is 16.6 Å². The van der Waals surface area contributed by atoms with Crippen LogP contribution in [0.3, 0.4) is 0 Å². The van der Waals surface area contributed by atoms with Crippen LogP contribution >= 0.6 is 34.4 Å². The molecule has 1 N–H and O–H groups in total. The first-order valence-electron chi connectivity index (χ1n) is 9.90. The Bertz CT molecular complexity index is 1100. The van der Waals surface area contributed by atoms with Gasteiger partial charge in [-0.2, -0.15) is 0 Å². The van der Waals surface area contributed by atoms with Crippen molar-refractivity contribution in [2.75, 3.05) is 17.7 Å². The lowest BCUT2D eigenvalue weighted by atomic mass is 10.1. The van der Waals surface area contributed by atoms with Crippen molar-refractivity contribution in [3.8, 4) is 11.4 Å². The van der Waals surface area contributed by atoms with Gasteiger partial charge >= 0.3 is 5.97 Å². The number of hydrogen-bond acceptors (Lipinski definition) is 8. The van der Waals surface area contributed by atoms with E-state index in [9.17, 15) is 9.59 Å². The number of ether oxygens (including phenoxy) is 1. The van der Waals surface area contributed by atoms with Gasteiger partial charge in [0, 0.05) is 27.7 Å². The summed E-state index contributed by atoms with van der Waals surface area (Å²) in [4.78, 5) is 27.1. The van der Waals surface area contributed by atoms with E-state index in [2.05, 4.69) is 40.8 Å². The Morgan fingerprint density at radius 2 is 2.03 bits per heavy atom. The summed E-state index contributed by atoms with van der Waals surface area (Å²) in [6.07, 6.45) is 0. The zero-order valence-corrected chi connectivity index (χ0v) is 20.9. The fourth-order valence-corrected chi connectivity index (χ4v) is 5.60. The third-order valence-corrected chi connectivity index (χ3v) is 8.11. The summed E-state index contributed by atoms with van der Waals surface area (Å²) in [7, 11) is 1.90. The number of aromatic nitrogens is 3. The lowest BCUT2D eigenvalue weighted by molar-refractivity contribution is -0.113. The molecule has 3 aromatic rings. The number of thiophene rings is 2. The highest BCUT2D eigenvalue weighted by atomic mass is 32.2. The van der Waals surface area contributed by atoms with E-state index in [1.165, 1.54) is 28.0 Å². The molecule has 0 aromatic carbocycles. The monoisotopic (exact) mass is 478 g/mol. The van der Waals surface area contributed by atoms with E-state index in [0.717, 1.165) is 21.8 Å². The zero-order chi connectivity index (χ0) is 22.7. The first-order valence-corrected chi connectivity index (χ1v) is 12.6. The van der Waals surface area contributed by atoms with E-state index < -0.39 is 5.97 Å². The van der Waals surface area contributed by atoms with Gasteiger partial charge in [-0.1, -0.05) is 25.6 Å². The second-order valence-corrected chi connectivity index (χ2v) is 10.4. The van der Waals surface area contributed by atoms with Gasteiger partial charge in [0.05, 0.1) is 17.9 Å². The lowest BCUT2D eigenvalue weighted by Crippen LogP contribution is -2.16.